The Morgan fingerprint density at radius 3 is 2.00 bits per heavy atom. The van der Waals surface area contributed by atoms with Crippen molar-refractivity contribution in [2.75, 3.05) is 0 Å². The van der Waals surface area contributed by atoms with Gasteiger partial charge in [-0.25, -0.2) is 0 Å². The van der Waals surface area contributed by atoms with Gasteiger partial charge in [0.2, 0.25) is 0 Å². The van der Waals surface area contributed by atoms with E-state index in [1.165, 1.54) is 6.07 Å². The lowest BCUT2D eigenvalue weighted by atomic mass is 9.72. The Hall–Kier alpha value is -0.870. The highest BCUT2D eigenvalue weighted by Crippen LogP contribution is 2.38. The molecule has 102 valence electrons. The van der Waals surface area contributed by atoms with Crippen molar-refractivity contribution >= 4 is 10.1 Å². The fourth-order valence-corrected chi connectivity index (χ4v) is 3.54. The molecule has 0 aliphatic rings. The Bertz CT molecular complexity index is 522. The second kappa shape index (κ2) is 4.67. The van der Waals surface area contributed by atoms with E-state index in [0.29, 0.717) is 5.56 Å². The Morgan fingerprint density at radius 1 is 1.06 bits per heavy atom. The van der Waals surface area contributed by atoms with Crippen molar-refractivity contribution in [3.05, 3.63) is 29.8 Å². The molecule has 4 heteroatoms. The zero-order chi connectivity index (χ0) is 14.2. The summed E-state index contributed by atoms with van der Waals surface area (Å²) in [4.78, 5) is 0.0132. The van der Waals surface area contributed by atoms with Crippen LogP contribution in [-0.2, 0) is 15.5 Å². The standard InChI is InChI=1S/C14H22O3S/c1-13(2,3)10-14(4,5)11-8-6-7-9-12(11)18(15,16)17/h6-9H,10H2,1-5H3,(H,15,16,17). The van der Waals surface area contributed by atoms with Gasteiger partial charge in [-0.3, -0.25) is 4.55 Å². The van der Waals surface area contributed by atoms with E-state index in [4.69, 9.17) is 0 Å². The monoisotopic (exact) mass is 270 g/mol. The number of benzene rings is 1. The Morgan fingerprint density at radius 2 is 1.56 bits per heavy atom. The normalized spacial score (nSPS) is 13.7. The van der Waals surface area contributed by atoms with Crippen LogP contribution in [0.5, 0.6) is 0 Å². The van der Waals surface area contributed by atoms with Gasteiger partial charge in [-0.1, -0.05) is 52.8 Å². The molecule has 18 heavy (non-hydrogen) atoms. The first kappa shape index (κ1) is 15.2. The molecule has 0 radical (unpaired) electrons. The summed E-state index contributed by atoms with van der Waals surface area (Å²) in [5.41, 5.74) is 0.433. The molecular weight excluding hydrogens is 248 g/mol. The summed E-state index contributed by atoms with van der Waals surface area (Å²) in [6.07, 6.45) is 0.826. The van der Waals surface area contributed by atoms with E-state index in [-0.39, 0.29) is 15.7 Å². The summed E-state index contributed by atoms with van der Waals surface area (Å²) in [5.74, 6) is 0. The van der Waals surface area contributed by atoms with Crippen molar-refractivity contribution in [3.8, 4) is 0 Å². The molecule has 0 unspecified atom stereocenters. The van der Waals surface area contributed by atoms with Crippen LogP contribution >= 0.6 is 0 Å². The molecule has 3 nitrogen and oxygen atoms in total. The molecule has 0 heterocycles. The van der Waals surface area contributed by atoms with Crippen LogP contribution in [0.15, 0.2) is 29.2 Å². The molecule has 0 atom stereocenters. The van der Waals surface area contributed by atoms with Gasteiger partial charge in [0.15, 0.2) is 0 Å². The Balaban J connectivity index is 3.34. The van der Waals surface area contributed by atoms with Crippen LogP contribution < -0.4 is 0 Å². The lowest BCUT2D eigenvalue weighted by Gasteiger charge is -2.33. The molecule has 1 N–H and O–H groups in total. The van der Waals surface area contributed by atoms with E-state index >= 15 is 0 Å². The number of hydrogen-bond donors (Lipinski definition) is 1. The topological polar surface area (TPSA) is 54.4 Å². The molecule has 1 aromatic carbocycles. The van der Waals surface area contributed by atoms with E-state index < -0.39 is 10.1 Å². The first-order valence-electron chi connectivity index (χ1n) is 6.00. The number of hydrogen-bond acceptors (Lipinski definition) is 2. The third-order valence-electron chi connectivity index (χ3n) is 2.87. The van der Waals surface area contributed by atoms with Crippen LogP contribution in [0, 0.1) is 5.41 Å². The summed E-state index contributed by atoms with van der Waals surface area (Å²) >= 11 is 0. The largest absolute Gasteiger partial charge is 0.294 e. The maximum Gasteiger partial charge on any atom is 0.294 e. The Labute approximate surface area is 110 Å². The fraction of sp³-hybridized carbons (Fsp3) is 0.571. The smallest absolute Gasteiger partial charge is 0.282 e. The molecule has 0 amide bonds. The first-order chi connectivity index (χ1) is 7.93. The molecule has 0 saturated carbocycles. The Kier molecular flexibility index (Phi) is 3.94. The van der Waals surface area contributed by atoms with Crippen molar-refractivity contribution in [1.82, 2.24) is 0 Å². The quantitative estimate of drug-likeness (QED) is 0.853. The van der Waals surface area contributed by atoms with Crippen molar-refractivity contribution in [3.63, 3.8) is 0 Å². The van der Waals surface area contributed by atoms with Gasteiger partial charge >= 0.3 is 0 Å². The predicted octanol–water partition coefficient (Wildman–Crippen LogP) is 3.65. The van der Waals surface area contributed by atoms with Crippen molar-refractivity contribution in [2.45, 2.75) is 51.3 Å². The molecule has 0 saturated heterocycles. The number of rotatable bonds is 3. The average molecular weight is 270 g/mol. The predicted molar refractivity (Wildman–Crippen MR) is 73.4 cm³/mol. The minimum atomic E-state index is -4.17. The highest BCUT2D eigenvalue weighted by Gasteiger charge is 2.31. The van der Waals surface area contributed by atoms with Crippen LogP contribution in [0.3, 0.4) is 0 Å². The highest BCUT2D eigenvalue weighted by molar-refractivity contribution is 7.85. The first-order valence-corrected chi connectivity index (χ1v) is 7.44. The van der Waals surface area contributed by atoms with Gasteiger partial charge in [-0.2, -0.15) is 8.42 Å². The molecule has 0 aliphatic heterocycles. The SMILES string of the molecule is CC(C)(C)CC(C)(C)c1ccccc1S(=O)(=O)O. The summed E-state index contributed by atoms with van der Waals surface area (Å²) in [6.45, 7) is 10.4. The van der Waals surface area contributed by atoms with Gasteiger partial charge in [-0.05, 0) is 28.9 Å². The van der Waals surface area contributed by atoms with Gasteiger partial charge in [0.05, 0.1) is 4.90 Å². The van der Waals surface area contributed by atoms with Crippen LogP contribution in [0.4, 0.5) is 0 Å². The van der Waals surface area contributed by atoms with E-state index in [0.717, 1.165) is 6.42 Å². The van der Waals surface area contributed by atoms with Crippen LogP contribution in [0.2, 0.25) is 0 Å². The highest BCUT2D eigenvalue weighted by atomic mass is 32.2. The van der Waals surface area contributed by atoms with Crippen molar-refractivity contribution in [2.24, 2.45) is 5.41 Å². The molecule has 0 aromatic heterocycles. The molecule has 0 fully saturated rings. The van der Waals surface area contributed by atoms with Gasteiger partial charge < -0.3 is 0 Å². The maximum atomic E-state index is 11.4. The molecule has 1 aromatic rings. The van der Waals surface area contributed by atoms with Crippen molar-refractivity contribution in [1.29, 1.82) is 0 Å². The summed E-state index contributed by atoms with van der Waals surface area (Å²) in [5, 5.41) is 0. The second-order valence-electron chi connectivity index (χ2n) is 6.59. The van der Waals surface area contributed by atoms with Gasteiger partial charge in [0, 0.05) is 0 Å². The molecule has 0 bridgehead atoms. The van der Waals surface area contributed by atoms with Crippen molar-refractivity contribution < 1.29 is 13.0 Å². The maximum absolute atomic E-state index is 11.4. The summed E-state index contributed by atoms with van der Waals surface area (Å²) in [7, 11) is -4.17. The van der Waals surface area contributed by atoms with Gasteiger partial charge in [0.25, 0.3) is 10.1 Å². The van der Waals surface area contributed by atoms with E-state index in [2.05, 4.69) is 20.8 Å². The van der Waals surface area contributed by atoms with Crippen LogP contribution in [-0.4, -0.2) is 13.0 Å². The molecule has 0 spiro atoms. The third kappa shape index (κ3) is 3.82. The van der Waals surface area contributed by atoms with Gasteiger partial charge in [0.1, 0.15) is 0 Å². The average Bonchev–Trinajstić information content (AvgIpc) is 2.12. The van der Waals surface area contributed by atoms with Gasteiger partial charge in [-0.15, -0.1) is 0 Å². The zero-order valence-corrected chi connectivity index (χ0v) is 12.5. The third-order valence-corrected chi connectivity index (χ3v) is 3.78. The summed E-state index contributed by atoms with van der Waals surface area (Å²) in [6, 6.07) is 6.65. The van der Waals surface area contributed by atoms with E-state index in [1.54, 1.807) is 18.2 Å². The minimum Gasteiger partial charge on any atom is -0.282 e. The summed E-state index contributed by atoms with van der Waals surface area (Å²) < 4.78 is 32.1. The fourth-order valence-electron chi connectivity index (χ4n) is 2.67. The van der Waals surface area contributed by atoms with E-state index in [9.17, 15) is 13.0 Å². The lowest BCUT2D eigenvalue weighted by molar-refractivity contribution is 0.280. The molecular formula is C14H22O3S. The lowest BCUT2D eigenvalue weighted by Crippen LogP contribution is -2.26. The van der Waals surface area contributed by atoms with E-state index in [1.807, 2.05) is 13.8 Å². The molecule has 0 aliphatic carbocycles. The minimum absolute atomic E-state index is 0.0132. The van der Waals surface area contributed by atoms with Crippen LogP contribution in [0.1, 0.15) is 46.6 Å². The second-order valence-corrected chi connectivity index (χ2v) is 7.98. The molecule has 1 rings (SSSR count). The zero-order valence-electron chi connectivity index (χ0n) is 11.7. The van der Waals surface area contributed by atoms with Crippen LogP contribution in [0.25, 0.3) is 0 Å².